The van der Waals surface area contributed by atoms with E-state index in [2.05, 4.69) is 5.32 Å². The minimum atomic E-state index is -4.36. The van der Waals surface area contributed by atoms with Crippen LogP contribution < -0.4 is 14.8 Å². The van der Waals surface area contributed by atoms with E-state index in [1.165, 1.54) is 24.3 Å². The Kier molecular flexibility index (Phi) is 11.4. The molecule has 2 aliphatic rings. The van der Waals surface area contributed by atoms with Crippen LogP contribution in [0.4, 0.5) is 31.1 Å². The third kappa shape index (κ3) is 10.4. The lowest BCUT2D eigenvalue weighted by atomic mass is 10.1. The van der Waals surface area contributed by atoms with Crippen LogP contribution >= 0.6 is 0 Å². The van der Waals surface area contributed by atoms with Crippen molar-refractivity contribution in [1.82, 2.24) is 10.2 Å². The Labute approximate surface area is 253 Å². The highest BCUT2D eigenvalue weighted by atomic mass is 19.4. The molecule has 240 valence electrons. The second-order valence-corrected chi connectivity index (χ2v) is 10.7. The van der Waals surface area contributed by atoms with Crippen molar-refractivity contribution in [3.05, 3.63) is 95.6 Å². The van der Waals surface area contributed by atoms with Crippen LogP contribution in [-0.4, -0.2) is 50.4 Å². The van der Waals surface area contributed by atoms with Crippen molar-refractivity contribution in [2.24, 2.45) is 11.8 Å². The van der Waals surface area contributed by atoms with Crippen molar-refractivity contribution in [3.8, 4) is 11.5 Å². The van der Waals surface area contributed by atoms with Gasteiger partial charge in [0.2, 0.25) is 0 Å². The minimum Gasteiger partial charge on any atom is -0.493 e. The summed E-state index contributed by atoms with van der Waals surface area (Å²) in [6.45, 7) is 4.11. The second kappa shape index (κ2) is 15.2. The quantitative estimate of drug-likeness (QED) is 0.260. The van der Waals surface area contributed by atoms with Gasteiger partial charge in [-0.15, -0.1) is 0 Å². The predicted octanol–water partition coefficient (Wildman–Crippen LogP) is 7.68. The monoisotopic (exact) mass is 626 g/mol. The molecule has 0 aromatic heterocycles. The first kappa shape index (κ1) is 33.0. The zero-order chi connectivity index (χ0) is 31.6. The average Bonchev–Trinajstić information content (AvgIpc) is 3.71. The number of carbonyl (C=O) groups excluding carboxylic acids is 1. The topological polar surface area (TPSA) is 60.0 Å². The number of rotatable bonds is 8. The van der Waals surface area contributed by atoms with Gasteiger partial charge in [-0.3, -0.25) is 0 Å². The van der Waals surface area contributed by atoms with E-state index in [4.69, 9.17) is 14.2 Å². The summed E-state index contributed by atoms with van der Waals surface area (Å²) in [6.07, 6.45) is -7.18. The maximum atomic E-state index is 12.6. The number of halogens is 6. The highest BCUT2D eigenvalue weighted by Crippen LogP contribution is 2.31. The molecular weight excluding hydrogens is 590 g/mol. The van der Waals surface area contributed by atoms with Crippen LogP contribution in [0.1, 0.15) is 31.0 Å². The number of hydrogen-bond acceptors (Lipinski definition) is 5. The van der Waals surface area contributed by atoms with E-state index < -0.39 is 23.5 Å². The number of benzene rings is 3. The maximum Gasteiger partial charge on any atom is 0.416 e. The Bertz CT molecular complexity index is 1300. The number of hydrogen-bond donors (Lipinski definition) is 1. The molecule has 0 saturated carbocycles. The number of nitrogens with zero attached hydrogens (tertiary/aromatic N) is 1. The maximum absolute atomic E-state index is 12.6. The molecule has 3 aromatic carbocycles. The van der Waals surface area contributed by atoms with Gasteiger partial charge in [0.25, 0.3) is 0 Å². The molecular formula is C32H36F6N2O4. The second-order valence-electron chi connectivity index (χ2n) is 10.7. The fourth-order valence-corrected chi connectivity index (χ4v) is 4.71. The van der Waals surface area contributed by atoms with E-state index in [1.54, 1.807) is 4.90 Å². The Morgan fingerprint density at radius 3 is 1.82 bits per heavy atom. The summed E-state index contributed by atoms with van der Waals surface area (Å²) >= 11 is 0. The molecule has 0 radical (unpaired) electrons. The Balaban J connectivity index is 0.000000265. The van der Waals surface area contributed by atoms with Crippen molar-refractivity contribution in [2.75, 3.05) is 39.4 Å². The molecule has 1 N–H and O–H groups in total. The molecule has 0 unspecified atom stereocenters. The first-order chi connectivity index (χ1) is 21.0. The van der Waals surface area contributed by atoms with Crippen molar-refractivity contribution in [2.45, 2.75) is 31.8 Å². The van der Waals surface area contributed by atoms with Crippen molar-refractivity contribution in [3.63, 3.8) is 0 Å². The van der Waals surface area contributed by atoms with E-state index in [0.717, 1.165) is 55.8 Å². The first-order valence-corrected chi connectivity index (χ1v) is 14.2. The van der Waals surface area contributed by atoms with Gasteiger partial charge in [-0.1, -0.05) is 30.3 Å². The molecule has 12 heteroatoms. The molecule has 1 amide bonds. The van der Waals surface area contributed by atoms with Gasteiger partial charge in [0.15, 0.2) is 0 Å². The third-order valence-electron chi connectivity index (χ3n) is 7.25. The van der Waals surface area contributed by atoms with Gasteiger partial charge in [0, 0.05) is 32.9 Å². The summed E-state index contributed by atoms with van der Waals surface area (Å²) in [6, 6.07) is 18.9. The fraction of sp³-hybridized carbons (Fsp3) is 0.406. The lowest BCUT2D eigenvalue weighted by Gasteiger charge is -2.17. The molecule has 2 atom stereocenters. The number of likely N-dealkylation sites (tertiary alicyclic amines) is 1. The number of ether oxygens (including phenoxy) is 3. The summed E-state index contributed by atoms with van der Waals surface area (Å²) in [5, 5.41) is 3.21. The number of nitrogens with one attached hydrogen (secondary N) is 1. The van der Waals surface area contributed by atoms with Gasteiger partial charge in [-0.05, 0) is 73.5 Å². The predicted molar refractivity (Wildman–Crippen MR) is 153 cm³/mol. The largest absolute Gasteiger partial charge is 0.493 e. The molecule has 44 heavy (non-hydrogen) atoms. The molecule has 2 aliphatic heterocycles. The number of carbonyl (C=O) groups is 1. The molecule has 0 spiro atoms. The zero-order valence-corrected chi connectivity index (χ0v) is 23.9. The van der Waals surface area contributed by atoms with Gasteiger partial charge in [0.1, 0.15) is 18.1 Å². The lowest BCUT2D eigenvalue weighted by Crippen LogP contribution is -2.30. The highest BCUT2D eigenvalue weighted by molar-refractivity contribution is 5.68. The van der Waals surface area contributed by atoms with Crippen LogP contribution in [0.25, 0.3) is 0 Å². The van der Waals surface area contributed by atoms with Crippen LogP contribution in [0.2, 0.25) is 0 Å². The summed E-state index contributed by atoms with van der Waals surface area (Å²) in [4.78, 5) is 13.8. The fourth-order valence-electron chi connectivity index (χ4n) is 4.71. The number of amides is 1. The molecule has 2 fully saturated rings. The smallest absolute Gasteiger partial charge is 0.416 e. The van der Waals surface area contributed by atoms with Crippen LogP contribution in [0.15, 0.2) is 78.9 Å². The molecule has 0 bridgehead atoms. The van der Waals surface area contributed by atoms with Crippen LogP contribution in [-0.2, 0) is 23.7 Å². The normalized spacial score (nSPS) is 18.4. The van der Waals surface area contributed by atoms with Gasteiger partial charge in [-0.2, -0.15) is 26.3 Å². The molecule has 2 heterocycles. The Morgan fingerprint density at radius 2 is 1.32 bits per heavy atom. The molecule has 2 saturated heterocycles. The van der Waals surface area contributed by atoms with Crippen molar-refractivity contribution >= 4 is 6.09 Å². The van der Waals surface area contributed by atoms with Crippen molar-refractivity contribution < 1.29 is 46.8 Å². The third-order valence-corrected chi connectivity index (χ3v) is 7.25. The molecule has 5 rings (SSSR count). The van der Waals surface area contributed by atoms with Crippen LogP contribution in [0.3, 0.4) is 0 Å². The zero-order valence-electron chi connectivity index (χ0n) is 23.9. The van der Waals surface area contributed by atoms with Gasteiger partial charge in [-0.25, -0.2) is 4.79 Å². The SMILES string of the molecule is FC(F)(F)c1ccc(OC[C@@H]2CCNC2)cc1.O=C(OCc1ccccc1)N1CC[C@@H](COc2ccc(C(F)(F)F)cc2)C1.[HH]. The summed E-state index contributed by atoms with van der Waals surface area (Å²) in [7, 11) is 0. The molecule has 6 nitrogen and oxygen atoms in total. The highest BCUT2D eigenvalue weighted by Gasteiger charge is 2.31. The van der Waals surface area contributed by atoms with E-state index >= 15 is 0 Å². The molecule has 0 aliphatic carbocycles. The summed E-state index contributed by atoms with van der Waals surface area (Å²) in [5.41, 5.74) is -0.428. The van der Waals surface area contributed by atoms with E-state index in [9.17, 15) is 31.1 Å². The van der Waals surface area contributed by atoms with Crippen molar-refractivity contribution in [1.29, 1.82) is 0 Å². The Morgan fingerprint density at radius 1 is 0.773 bits per heavy atom. The van der Waals surface area contributed by atoms with Crippen LogP contribution in [0, 0.1) is 11.8 Å². The van der Waals surface area contributed by atoms with Gasteiger partial charge in [0.05, 0.1) is 24.3 Å². The van der Waals surface area contributed by atoms with E-state index in [1.807, 2.05) is 30.3 Å². The lowest BCUT2D eigenvalue weighted by molar-refractivity contribution is -0.138. The van der Waals surface area contributed by atoms with E-state index in [-0.39, 0.29) is 20.0 Å². The molecule has 3 aromatic rings. The summed E-state index contributed by atoms with van der Waals surface area (Å²) in [5.74, 6) is 1.45. The van der Waals surface area contributed by atoms with Gasteiger partial charge < -0.3 is 24.4 Å². The first-order valence-electron chi connectivity index (χ1n) is 14.2. The standard InChI is InChI=1S/C20H20F3NO3.C12H14F3NO.H2/c21-20(22,23)17-6-8-18(9-7-17)26-14-16-10-11-24(12-16)19(25)27-13-15-4-2-1-3-5-15;13-12(14,15)10-1-3-11(4-2-10)17-8-9-5-6-16-7-9;/h1-9,16H,10-14H2;1-4,9,16H,5-8H2;1H/t16-;9-;/m11./s1. The number of alkyl halides is 6. The minimum absolute atomic E-state index is 0. The average molecular weight is 627 g/mol. The summed E-state index contributed by atoms with van der Waals surface area (Å²) < 4.78 is 90.9. The van der Waals surface area contributed by atoms with E-state index in [0.29, 0.717) is 43.7 Å². The van der Waals surface area contributed by atoms with Crippen LogP contribution in [0.5, 0.6) is 11.5 Å². The Hall–Kier alpha value is -3.93. The van der Waals surface area contributed by atoms with Gasteiger partial charge >= 0.3 is 18.4 Å².